The van der Waals surface area contributed by atoms with Gasteiger partial charge in [0, 0.05) is 18.6 Å². The van der Waals surface area contributed by atoms with E-state index in [-0.39, 0.29) is 18.1 Å². The Hall–Kier alpha value is -1.26. The third-order valence-corrected chi connectivity index (χ3v) is 4.81. The fourth-order valence-electron chi connectivity index (χ4n) is 3.29. The number of carboxylic acid groups (broad SMARTS) is 1. The number of carboxylic acids is 1. The minimum atomic E-state index is -0.811. The molecule has 1 aliphatic heterocycles. The maximum atomic E-state index is 12.3. The molecule has 3 atom stereocenters. The number of likely N-dealkylation sites (tertiary alicyclic amines) is 1. The second-order valence-corrected chi connectivity index (χ2v) is 6.16. The van der Waals surface area contributed by atoms with Gasteiger partial charge in [-0.1, -0.05) is 6.42 Å². The molecule has 5 heteroatoms. The molecule has 0 spiro atoms. The van der Waals surface area contributed by atoms with Crippen LogP contribution in [0.5, 0.6) is 0 Å². The molecule has 1 heterocycles. The number of nitrogens with one attached hydrogen (secondary N) is 1. The molecule has 1 saturated heterocycles. The quantitative estimate of drug-likeness (QED) is 0.806. The number of hydrogen-bond donors (Lipinski definition) is 2. The molecule has 5 nitrogen and oxygen atoms in total. The Balaban J connectivity index is 2.00. The van der Waals surface area contributed by atoms with Crippen molar-refractivity contribution in [3.05, 3.63) is 0 Å². The van der Waals surface area contributed by atoms with Gasteiger partial charge in [-0.2, -0.15) is 0 Å². The van der Waals surface area contributed by atoms with Crippen molar-refractivity contribution in [3.63, 3.8) is 0 Å². The molecule has 2 rings (SSSR count). The van der Waals surface area contributed by atoms with Gasteiger partial charge in [0.15, 0.2) is 0 Å². The second kappa shape index (κ2) is 5.39. The van der Waals surface area contributed by atoms with E-state index in [9.17, 15) is 14.7 Å². The zero-order chi connectivity index (χ0) is 14.0. The van der Waals surface area contributed by atoms with Gasteiger partial charge < -0.3 is 15.3 Å². The van der Waals surface area contributed by atoms with Crippen molar-refractivity contribution in [1.82, 2.24) is 10.2 Å². The summed E-state index contributed by atoms with van der Waals surface area (Å²) in [6, 6.07) is -0.0792. The van der Waals surface area contributed by atoms with Gasteiger partial charge in [0.2, 0.25) is 0 Å². The van der Waals surface area contributed by atoms with Crippen LogP contribution in [0.4, 0.5) is 4.79 Å². The molecule has 2 aliphatic rings. The minimum Gasteiger partial charge on any atom is -0.481 e. The van der Waals surface area contributed by atoms with E-state index in [1.54, 1.807) is 6.92 Å². The van der Waals surface area contributed by atoms with Gasteiger partial charge in [-0.25, -0.2) is 4.79 Å². The number of rotatable bonds is 2. The van der Waals surface area contributed by atoms with Crippen LogP contribution < -0.4 is 5.32 Å². The predicted molar refractivity (Wildman–Crippen MR) is 71.9 cm³/mol. The lowest BCUT2D eigenvalue weighted by atomic mass is 9.85. The monoisotopic (exact) mass is 268 g/mol. The zero-order valence-electron chi connectivity index (χ0n) is 11.8. The number of amides is 2. The first kappa shape index (κ1) is 14.2. The molecule has 2 amide bonds. The lowest BCUT2D eigenvalue weighted by Crippen LogP contribution is -2.54. The molecule has 0 bridgehead atoms. The summed E-state index contributed by atoms with van der Waals surface area (Å²) < 4.78 is 0. The summed E-state index contributed by atoms with van der Waals surface area (Å²) in [6.07, 6.45) is 5.51. The Kier molecular flexibility index (Phi) is 4.02. The van der Waals surface area contributed by atoms with Gasteiger partial charge in [-0.05, 0) is 46.0 Å². The van der Waals surface area contributed by atoms with Crippen LogP contribution in [0, 0.1) is 5.41 Å². The van der Waals surface area contributed by atoms with Gasteiger partial charge in [0.1, 0.15) is 0 Å². The van der Waals surface area contributed by atoms with Crippen LogP contribution in [0.15, 0.2) is 0 Å². The SMILES string of the molecule is CC1CCCCN1C(=O)NC1CCCC1(C)C(=O)O. The summed E-state index contributed by atoms with van der Waals surface area (Å²) in [5.41, 5.74) is -0.811. The Labute approximate surface area is 114 Å². The number of urea groups is 1. The van der Waals surface area contributed by atoms with Gasteiger partial charge in [0.25, 0.3) is 0 Å². The van der Waals surface area contributed by atoms with Crippen molar-refractivity contribution >= 4 is 12.0 Å². The highest BCUT2D eigenvalue weighted by atomic mass is 16.4. The van der Waals surface area contributed by atoms with Crippen molar-refractivity contribution in [2.45, 2.75) is 64.5 Å². The van der Waals surface area contributed by atoms with Crippen molar-refractivity contribution in [3.8, 4) is 0 Å². The summed E-state index contributed by atoms with van der Waals surface area (Å²) in [5.74, 6) is -0.804. The molecular formula is C14H24N2O3. The normalized spacial score (nSPS) is 35.2. The summed E-state index contributed by atoms with van der Waals surface area (Å²) in [4.78, 5) is 25.5. The predicted octanol–water partition coefficient (Wildman–Crippen LogP) is 2.21. The maximum absolute atomic E-state index is 12.3. The molecule has 2 fully saturated rings. The van der Waals surface area contributed by atoms with Crippen molar-refractivity contribution in [1.29, 1.82) is 0 Å². The Bertz CT molecular complexity index is 372. The molecule has 19 heavy (non-hydrogen) atoms. The smallest absolute Gasteiger partial charge is 0.317 e. The lowest BCUT2D eigenvalue weighted by molar-refractivity contribution is -0.148. The number of nitrogens with zero attached hydrogens (tertiary/aromatic N) is 1. The fourth-order valence-corrected chi connectivity index (χ4v) is 3.29. The van der Waals surface area contributed by atoms with Crippen LogP contribution in [0.25, 0.3) is 0 Å². The molecule has 3 unspecified atom stereocenters. The van der Waals surface area contributed by atoms with Gasteiger partial charge in [-0.3, -0.25) is 4.79 Å². The van der Waals surface area contributed by atoms with E-state index in [4.69, 9.17) is 0 Å². The highest BCUT2D eigenvalue weighted by Gasteiger charge is 2.46. The molecule has 0 aromatic rings. The molecular weight excluding hydrogens is 244 g/mol. The van der Waals surface area contributed by atoms with Crippen molar-refractivity contribution < 1.29 is 14.7 Å². The van der Waals surface area contributed by atoms with Crippen LogP contribution in [0.3, 0.4) is 0 Å². The third kappa shape index (κ3) is 2.69. The van der Waals surface area contributed by atoms with Gasteiger partial charge >= 0.3 is 12.0 Å². The average Bonchev–Trinajstić information content (AvgIpc) is 2.73. The summed E-state index contributed by atoms with van der Waals surface area (Å²) in [6.45, 7) is 4.58. The standard InChI is InChI=1S/C14H24N2O3/c1-10-6-3-4-9-16(10)13(19)15-11-7-5-8-14(11,2)12(17)18/h10-11H,3-9H2,1-2H3,(H,15,19)(H,17,18). The van der Waals surface area contributed by atoms with E-state index >= 15 is 0 Å². The first-order chi connectivity index (χ1) is 8.95. The summed E-state index contributed by atoms with van der Waals surface area (Å²) in [7, 11) is 0. The maximum Gasteiger partial charge on any atom is 0.317 e. The van der Waals surface area contributed by atoms with E-state index in [2.05, 4.69) is 12.2 Å². The van der Waals surface area contributed by atoms with E-state index in [1.807, 2.05) is 4.90 Å². The molecule has 0 radical (unpaired) electrons. The van der Waals surface area contributed by atoms with E-state index < -0.39 is 11.4 Å². The highest BCUT2D eigenvalue weighted by molar-refractivity contribution is 5.79. The number of carbonyl (C=O) groups excluding carboxylic acids is 1. The van der Waals surface area contributed by atoms with Crippen LogP contribution in [-0.2, 0) is 4.79 Å². The molecule has 1 aliphatic carbocycles. The average molecular weight is 268 g/mol. The second-order valence-electron chi connectivity index (χ2n) is 6.16. The Morgan fingerprint density at radius 1 is 1.26 bits per heavy atom. The fraction of sp³-hybridized carbons (Fsp3) is 0.857. The topological polar surface area (TPSA) is 69.6 Å². The number of carbonyl (C=O) groups is 2. The first-order valence-corrected chi connectivity index (χ1v) is 7.25. The zero-order valence-corrected chi connectivity index (χ0v) is 11.8. The van der Waals surface area contributed by atoms with Crippen LogP contribution >= 0.6 is 0 Å². The van der Waals surface area contributed by atoms with E-state index in [0.717, 1.165) is 32.2 Å². The molecule has 2 N–H and O–H groups in total. The molecule has 0 aromatic heterocycles. The van der Waals surface area contributed by atoms with Gasteiger partial charge in [-0.15, -0.1) is 0 Å². The Morgan fingerprint density at radius 3 is 2.63 bits per heavy atom. The van der Waals surface area contributed by atoms with Crippen LogP contribution in [0.1, 0.15) is 52.4 Å². The number of piperidine rings is 1. The molecule has 0 aromatic carbocycles. The molecule has 1 saturated carbocycles. The van der Waals surface area contributed by atoms with Gasteiger partial charge in [0.05, 0.1) is 5.41 Å². The van der Waals surface area contributed by atoms with Crippen molar-refractivity contribution in [2.24, 2.45) is 5.41 Å². The van der Waals surface area contributed by atoms with Crippen molar-refractivity contribution in [2.75, 3.05) is 6.54 Å². The number of hydrogen-bond acceptors (Lipinski definition) is 2. The molecule has 108 valence electrons. The van der Waals surface area contributed by atoms with Crippen LogP contribution in [0.2, 0.25) is 0 Å². The largest absolute Gasteiger partial charge is 0.481 e. The van der Waals surface area contributed by atoms with E-state index in [1.165, 1.54) is 6.42 Å². The van der Waals surface area contributed by atoms with E-state index in [0.29, 0.717) is 6.42 Å². The Morgan fingerprint density at radius 2 is 2.00 bits per heavy atom. The lowest BCUT2D eigenvalue weighted by Gasteiger charge is -2.36. The first-order valence-electron chi connectivity index (χ1n) is 7.25. The third-order valence-electron chi connectivity index (χ3n) is 4.81. The van der Waals surface area contributed by atoms with Crippen LogP contribution in [-0.4, -0.2) is 40.6 Å². The summed E-state index contributed by atoms with van der Waals surface area (Å²) >= 11 is 0. The highest BCUT2D eigenvalue weighted by Crippen LogP contribution is 2.38. The summed E-state index contributed by atoms with van der Waals surface area (Å²) in [5, 5.41) is 12.3. The minimum absolute atomic E-state index is 0.0911. The number of aliphatic carboxylic acids is 1.